The minimum Gasteiger partial charge on any atom is -0.343 e. The molecule has 0 atom stereocenters. The molecule has 0 saturated carbocycles. The van der Waals surface area contributed by atoms with Crippen molar-refractivity contribution in [3.05, 3.63) is 71.9 Å². The van der Waals surface area contributed by atoms with Crippen LogP contribution in [0, 0.1) is 0 Å². The molecule has 0 bridgehead atoms. The molecule has 24 heavy (non-hydrogen) atoms. The van der Waals surface area contributed by atoms with Gasteiger partial charge in [-0.2, -0.15) is 4.31 Å². The fraction of sp³-hybridized carbons (Fsp3) is 0.263. The summed E-state index contributed by atoms with van der Waals surface area (Å²) in [5.74, 6) is 0.0636. The normalized spacial score (nSPS) is 16.0. The highest BCUT2D eigenvalue weighted by Gasteiger charge is 2.26. The largest absolute Gasteiger partial charge is 0.343 e. The molecule has 1 aromatic heterocycles. The van der Waals surface area contributed by atoms with E-state index in [9.17, 15) is 8.42 Å². The van der Waals surface area contributed by atoms with Gasteiger partial charge in [0.1, 0.15) is 0 Å². The average Bonchev–Trinajstić information content (AvgIpc) is 2.78. The Morgan fingerprint density at radius 1 is 0.917 bits per heavy atom. The number of rotatable bonds is 3. The van der Waals surface area contributed by atoms with Crippen molar-refractivity contribution < 1.29 is 8.42 Å². The van der Waals surface area contributed by atoms with E-state index < -0.39 is 10.0 Å². The Balaban J connectivity index is 1.65. The van der Waals surface area contributed by atoms with E-state index in [0.29, 0.717) is 13.1 Å². The second kappa shape index (κ2) is 6.07. The van der Waals surface area contributed by atoms with E-state index in [2.05, 4.69) is 22.8 Å². The molecule has 0 unspecified atom stereocenters. The third-order valence-electron chi connectivity index (χ3n) is 4.61. The standard InChI is InChI=1S/C19H20N2O2S/c22-24(23,15-16-7-2-1-3-8-16)20-11-6-12-21-18(14-20)13-17-9-4-5-10-19(17)21/h1-5,7-10,13H,6,11-12,14-15H2. The molecule has 0 N–H and O–H groups in total. The number of aromatic nitrogens is 1. The van der Waals surface area contributed by atoms with E-state index in [4.69, 9.17) is 0 Å². The van der Waals surface area contributed by atoms with Crippen molar-refractivity contribution in [2.24, 2.45) is 0 Å². The molecule has 4 rings (SSSR count). The van der Waals surface area contributed by atoms with Crippen LogP contribution >= 0.6 is 0 Å². The van der Waals surface area contributed by atoms with Crippen molar-refractivity contribution in [1.29, 1.82) is 0 Å². The molecule has 3 aromatic rings. The topological polar surface area (TPSA) is 42.3 Å². The lowest BCUT2D eigenvalue weighted by Crippen LogP contribution is -2.31. The van der Waals surface area contributed by atoms with Crippen molar-refractivity contribution in [2.45, 2.75) is 25.3 Å². The van der Waals surface area contributed by atoms with E-state index in [1.165, 1.54) is 10.9 Å². The number of sulfonamides is 1. The number of nitrogens with zero attached hydrogens (tertiary/aromatic N) is 2. The van der Waals surface area contributed by atoms with Crippen LogP contribution in [0.3, 0.4) is 0 Å². The second-order valence-corrected chi connectivity index (χ2v) is 8.24. The van der Waals surface area contributed by atoms with Crippen molar-refractivity contribution >= 4 is 20.9 Å². The van der Waals surface area contributed by atoms with E-state index >= 15 is 0 Å². The zero-order chi connectivity index (χ0) is 16.6. The Morgan fingerprint density at radius 3 is 2.50 bits per heavy atom. The first-order valence-electron chi connectivity index (χ1n) is 8.22. The molecule has 0 aliphatic carbocycles. The van der Waals surface area contributed by atoms with Gasteiger partial charge in [-0.25, -0.2) is 8.42 Å². The molecule has 1 aliphatic rings. The first-order valence-corrected chi connectivity index (χ1v) is 9.83. The van der Waals surface area contributed by atoms with Crippen molar-refractivity contribution in [3.63, 3.8) is 0 Å². The quantitative estimate of drug-likeness (QED) is 0.733. The Morgan fingerprint density at radius 2 is 1.67 bits per heavy atom. The van der Waals surface area contributed by atoms with Crippen LogP contribution in [-0.2, 0) is 28.9 Å². The predicted molar refractivity (Wildman–Crippen MR) is 96.0 cm³/mol. The third-order valence-corrected chi connectivity index (χ3v) is 6.41. The SMILES string of the molecule is O=S(=O)(Cc1ccccc1)N1CCCn2c(cc3ccccc32)C1. The molecule has 1 aliphatic heterocycles. The fourth-order valence-corrected chi connectivity index (χ4v) is 4.97. The van der Waals surface area contributed by atoms with Crippen LogP contribution in [0.4, 0.5) is 0 Å². The van der Waals surface area contributed by atoms with Gasteiger partial charge < -0.3 is 4.57 Å². The van der Waals surface area contributed by atoms with Gasteiger partial charge >= 0.3 is 0 Å². The predicted octanol–water partition coefficient (Wildman–Crippen LogP) is 3.38. The maximum Gasteiger partial charge on any atom is 0.218 e. The lowest BCUT2D eigenvalue weighted by Gasteiger charge is -2.19. The summed E-state index contributed by atoms with van der Waals surface area (Å²) in [5, 5.41) is 1.18. The molecular weight excluding hydrogens is 320 g/mol. The van der Waals surface area contributed by atoms with Crippen molar-refractivity contribution in [3.8, 4) is 0 Å². The zero-order valence-electron chi connectivity index (χ0n) is 13.4. The van der Waals surface area contributed by atoms with E-state index in [1.54, 1.807) is 4.31 Å². The Hall–Kier alpha value is -2.11. The van der Waals surface area contributed by atoms with Crippen LogP contribution in [-0.4, -0.2) is 23.8 Å². The molecule has 124 valence electrons. The summed E-state index contributed by atoms with van der Waals surface area (Å²) in [6, 6.07) is 19.8. The van der Waals surface area contributed by atoms with Crippen LogP contribution in [0.2, 0.25) is 0 Å². The fourth-order valence-electron chi connectivity index (χ4n) is 3.44. The minimum absolute atomic E-state index is 0.0636. The van der Waals surface area contributed by atoms with Gasteiger partial charge in [-0.3, -0.25) is 0 Å². The molecule has 5 heteroatoms. The van der Waals surface area contributed by atoms with Gasteiger partial charge in [0.25, 0.3) is 0 Å². The number of hydrogen-bond donors (Lipinski definition) is 0. The first kappa shape index (κ1) is 15.4. The molecule has 0 amide bonds. The maximum atomic E-state index is 12.8. The van der Waals surface area contributed by atoms with Crippen LogP contribution < -0.4 is 0 Å². The Labute approximate surface area is 142 Å². The summed E-state index contributed by atoms with van der Waals surface area (Å²) in [6.07, 6.45) is 0.833. The summed E-state index contributed by atoms with van der Waals surface area (Å²) in [5.41, 5.74) is 3.10. The monoisotopic (exact) mass is 340 g/mol. The third kappa shape index (κ3) is 2.85. The minimum atomic E-state index is -3.32. The van der Waals surface area contributed by atoms with Crippen LogP contribution in [0.25, 0.3) is 10.9 Å². The summed E-state index contributed by atoms with van der Waals surface area (Å²) < 4.78 is 29.6. The second-order valence-electron chi connectivity index (χ2n) is 6.28. The number of aryl methyl sites for hydroxylation is 1. The Kier molecular flexibility index (Phi) is 3.90. The first-order chi connectivity index (χ1) is 11.6. The number of hydrogen-bond acceptors (Lipinski definition) is 2. The van der Waals surface area contributed by atoms with E-state index in [-0.39, 0.29) is 5.75 Å². The molecule has 0 spiro atoms. The lowest BCUT2D eigenvalue weighted by atomic mass is 10.2. The molecule has 0 fully saturated rings. The zero-order valence-corrected chi connectivity index (χ0v) is 14.2. The lowest BCUT2D eigenvalue weighted by molar-refractivity contribution is 0.409. The number of benzene rings is 2. The van der Waals surface area contributed by atoms with Gasteiger partial charge in [0.15, 0.2) is 0 Å². The summed E-state index contributed by atoms with van der Waals surface area (Å²) >= 11 is 0. The average molecular weight is 340 g/mol. The van der Waals surface area contributed by atoms with Crippen molar-refractivity contribution in [2.75, 3.05) is 6.54 Å². The van der Waals surface area contributed by atoms with Gasteiger partial charge in [-0.05, 0) is 29.5 Å². The van der Waals surface area contributed by atoms with Gasteiger partial charge in [-0.15, -0.1) is 0 Å². The van der Waals surface area contributed by atoms with Gasteiger partial charge in [0.2, 0.25) is 10.0 Å². The molecule has 4 nitrogen and oxygen atoms in total. The Bertz CT molecular complexity index is 961. The molecule has 0 saturated heterocycles. The molecule has 2 heterocycles. The summed E-state index contributed by atoms with van der Waals surface area (Å²) in [7, 11) is -3.32. The van der Waals surface area contributed by atoms with Gasteiger partial charge in [-0.1, -0.05) is 48.5 Å². The highest BCUT2D eigenvalue weighted by molar-refractivity contribution is 7.88. The maximum absolute atomic E-state index is 12.8. The van der Waals surface area contributed by atoms with Crippen LogP contribution in [0.1, 0.15) is 17.7 Å². The van der Waals surface area contributed by atoms with Gasteiger partial charge in [0, 0.05) is 24.3 Å². The highest BCUT2D eigenvalue weighted by Crippen LogP contribution is 2.25. The highest BCUT2D eigenvalue weighted by atomic mass is 32.2. The van der Waals surface area contributed by atoms with Crippen LogP contribution in [0.15, 0.2) is 60.7 Å². The van der Waals surface area contributed by atoms with Gasteiger partial charge in [0.05, 0.1) is 12.3 Å². The number of para-hydroxylation sites is 1. The van der Waals surface area contributed by atoms with E-state index in [1.807, 2.05) is 42.5 Å². The number of fused-ring (bicyclic) bond motifs is 3. The summed E-state index contributed by atoms with van der Waals surface area (Å²) in [4.78, 5) is 0. The van der Waals surface area contributed by atoms with E-state index in [0.717, 1.165) is 24.2 Å². The smallest absolute Gasteiger partial charge is 0.218 e. The summed E-state index contributed by atoms with van der Waals surface area (Å²) in [6.45, 7) is 1.88. The van der Waals surface area contributed by atoms with Crippen molar-refractivity contribution in [1.82, 2.24) is 8.87 Å². The molecule has 2 aromatic carbocycles. The molecule has 0 radical (unpaired) electrons. The van der Waals surface area contributed by atoms with Crippen LogP contribution in [0.5, 0.6) is 0 Å². The molecular formula is C19H20N2O2S.